The van der Waals surface area contributed by atoms with E-state index in [1.165, 1.54) is 116 Å². The number of hydrogen-bond acceptors (Lipinski definition) is 4. The first-order valence-corrected chi connectivity index (χ1v) is 17.9. The molecule has 242 valence electrons. The van der Waals surface area contributed by atoms with E-state index in [9.17, 15) is 10.2 Å². The van der Waals surface area contributed by atoms with Crippen molar-refractivity contribution in [2.24, 2.45) is 0 Å². The summed E-state index contributed by atoms with van der Waals surface area (Å²) in [7, 11) is 0. The summed E-state index contributed by atoms with van der Waals surface area (Å²) in [6, 6.07) is 0. The quantitative estimate of drug-likeness (QED) is 0.0456. The normalized spacial score (nSPS) is 12.6. The maximum Gasteiger partial charge on any atom is 0.0667 e. The molecule has 0 bridgehead atoms. The Kier molecular flexibility index (Phi) is 44.2. The third-order valence-corrected chi connectivity index (χ3v) is 7.88. The predicted octanol–water partition coefficient (Wildman–Crippen LogP) is 9.98. The molecule has 0 heterocycles. The van der Waals surface area contributed by atoms with Crippen LogP contribution in [-0.4, -0.2) is 52.7 Å². The minimum absolute atomic E-state index is 0. The maximum absolute atomic E-state index is 10.6. The van der Waals surface area contributed by atoms with Gasteiger partial charge in [-0.25, -0.2) is 0 Å². The van der Waals surface area contributed by atoms with E-state index in [0.717, 1.165) is 50.8 Å². The average Bonchev–Trinajstić information content (AvgIpc) is 2.92. The summed E-state index contributed by atoms with van der Waals surface area (Å²) >= 11 is 5.12. The van der Waals surface area contributed by atoms with Gasteiger partial charge in [0.2, 0.25) is 0 Å². The molecule has 0 aromatic carbocycles. The van der Waals surface area contributed by atoms with Gasteiger partial charge < -0.3 is 22.8 Å². The molecular weight excluding hydrogens is 593 g/mol. The number of rotatable bonds is 30. The van der Waals surface area contributed by atoms with Crippen LogP contribution in [0.4, 0.5) is 0 Å². The van der Waals surface area contributed by atoms with Crippen molar-refractivity contribution in [1.29, 1.82) is 0 Å². The van der Waals surface area contributed by atoms with Gasteiger partial charge in [0.1, 0.15) is 0 Å². The zero-order valence-electron chi connectivity index (χ0n) is 27.0. The second kappa shape index (κ2) is 38.9. The third kappa shape index (κ3) is 36.9. The zero-order valence-corrected chi connectivity index (χ0v) is 29.4. The molecule has 0 saturated heterocycles. The molecule has 0 amide bonds. The Morgan fingerprint density at radius 1 is 0.487 bits per heavy atom. The zero-order chi connectivity index (χ0) is 28.5. The number of aliphatic hydroxyl groups is 2. The maximum atomic E-state index is 10.6. The van der Waals surface area contributed by atoms with Crippen LogP contribution in [0.25, 0.3) is 0 Å². The molecular formula is C34H72NO2PdS-. The Hall–Kier alpha value is 0.892. The van der Waals surface area contributed by atoms with Crippen molar-refractivity contribution < 1.29 is 30.6 Å². The number of hydrogen-bond donors (Lipinski definition) is 2. The molecule has 0 aromatic heterocycles. The predicted molar refractivity (Wildman–Crippen MR) is 174 cm³/mol. The van der Waals surface area contributed by atoms with Gasteiger partial charge in [0.15, 0.2) is 0 Å². The fraction of sp³-hybridized carbons (Fsp3) is 1.00. The van der Waals surface area contributed by atoms with Gasteiger partial charge >= 0.3 is 0 Å². The van der Waals surface area contributed by atoms with E-state index in [1.54, 1.807) is 0 Å². The molecule has 39 heavy (non-hydrogen) atoms. The Morgan fingerprint density at radius 3 is 1.10 bits per heavy atom. The number of nitrogens with zero attached hydrogens (tertiary/aromatic N) is 1. The van der Waals surface area contributed by atoms with Crippen LogP contribution in [-0.2, 0) is 33.1 Å². The standard InChI is InChI=1S/C32H67NO2S.C2H6.Pd/c1-3-5-7-9-11-13-15-17-19-21-25-31(34)29-33(27-23-24-28-36)30-32(35)26-22-20-18-16-14-12-10-8-6-4-2;1-2;/h31-32,34-36H,3-30H2,1-2H3;1-2H3;/p-1. The van der Waals surface area contributed by atoms with Crippen LogP contribution >= 0.6 is 0 Å². The summed E-state index contributed by atoms with van der Waals surface area (Å²) in [5.74, 6) is 0.802. The SMILES string of the molecule is CC.CCCCCCCCCCCCC(O)CN(CCCC[S-])CC(O)CCCCCCCCCCCC.[Pd]. The van der Waals surface area contributed by atoms with Crippen LogP contribution in [0, 0.1) is 0 Å². The van der Waals surface area contributed by atoms with Gasteiger partial charge in [-0.15, -0.1) is 0 Å². The van der Waals surface area contributed by atoms with E-state index in [-0.39, 0.29) is 32.6 Å². The van der Waals surface area contributed by atoms with Crippen molar-refractivity contribution in [2.45, 2.75) is 194 Å². The molecule has 0 aliphatic heterocycles. The largest absolute Gasteiger partial charge is 0.793 e. The van der Waals surface area contributed by atoms with E-state index in [4.69, 9.17) is 12.6 Å². The first-order valence-electron chi connectivity index (χ1n) is 17.3. The summed E-state index contributed by atoms with van der Waals surface area (Å²) in [5, 5.41) is 21.3. The Balaban J connectivity index is -0.00000421. The van der Waals surface area contributed by atoms with Crippen LogP contribution in [0.5, 0.6) is 0 Å². The van der Waals surface area contributed by atoms with Crippen molar-refractivity contribution in [3.63, 3.8) is 0 Å². The van der Waals surface area contributed by atoms with Gasteiger partial charge in [0, 0.05) is 33.5 Å². The molecule has 0 fully saturated rings. The van der Waals surface area contributed by atoms with Crippen molar-refractivity contribution in [1.82, 2.24) is 4.90 Å². The first kappa shape index (κ1) is 44.3. The van der Waals surface area contributed by atoms with Gasteiger partial charge in [-0.05, 0) is 25.8 Å². The van der Waals surface area contributed by atoms with Crippen molar-refractivity contribution >= 4 is 12.6 Å². The Bertz CT molecular complexity index is 385. The summed E-state index contributed by atoms with van der Waals surface area (Å²) in [6.45, 7) is 10.9. The molecule has 0 spiro atoms. The molecule has 2 unspecified atom stereocenters. The van der Waals surface area contributed by atoms with Gasteiger partial charge in [0.05, 0.1) is 12.2 Å². The van der Waals surface area contributed by atoms with Crippen LogP contribution in [0.2, 0.25) is 0 Å². The van der Waals surface area contributed by atoms with Crippen molar-refractivity contribution in [3.05, 3.63) is 0 Å². The molecule has 0 radical (unpaired) electrons. The molecule has 0 rings (SSSR count). The van der Waals surface area contributed by atoms with E-state index in [1.807, 2.05) is 13.8 Å². The average molecular weight is 665 g/mol. The third-order valence-electron chi connectivity index (χ3n) is 7.59. The van der Waals surface area contributed by atoms with Gasteiger partial charge in [0.25, 0.3) is 0 Å². The van der Waals surface area contributed by atoms with Crippen molar-refractivity contribution in [3.8, 4) is 0 Å². The van der Waals surface area contributed by atoms with Gasteiger partial charge in [-0.1, -0.05) is 163 Å². The smallest absolute Gasteiger partial charge is 0.0667 e. The molecule has 2 atom stereocenters. The second-order valence-electron chi connectivity index (χ2n) is 11.4. The monoisotopic (exact) mass is 664 g/mol. The van der Waals surface area contributed by atoms with Crippen molar-refractivity contribution in [2.75, 3.05) is 25.4 Å². The van der Waals surface area contributed by atoms with Crippen LogP contribution in [0.1, 0.15) is 182 Å². The molecule has 0 saturated carbocycles. The number of aliphatic hydroxyl groups excluding tert-OH is 2. The van der Waals surface area contributed by atoms with E-state index in [0.29, 0.717) is 13.1 Å². The fourth-order valence-corrected chi connectivity index (χ4v) is 5.41. The van der Waals surface area contributed by atoms with E-state index in [2.05, 4.69) is 18.7 Å². The van der Waals surface area contributed by atoms with Gasteiger partial charge in [-0.2, -0.15) is 5.75 Å². The Morgan fingerprint density at radius 2 is 0.795 bits per heavy atom. The van der Waals surface area contributed by atoms with Crippen LogP contribution in [0.15, 0.2) is 0 Å². The first-order chi connectivity index (χ1) is 18.6. The van der Waals surface area contributed by atoms with E-state index >= 15 is 0 Å². The molecule has 0 aliphatic carbocycles. The fourth-order valence-electron chi connectivity index (χ4n) is 5.21. The molecule has 0 aromatic rings. The van der Waals surface area contributed by atoms with Crippen LogP contribution < -0.4 is 0 Å². The van der Waals surface area contributed by atoms with E-state index < -0.39 is 0 Å². The summed E-state index contributed by atoms with van der Waals surface area (Å²) in [6.07, 6.45) is 30.0. The van der Waals surface area contributed by atoms with Crippen LogP contribution in [0.3, 0.4) is 0 Å². The summed E-state index contributed by atoms with van der Waals surface area (Å²) < 4.78 is 0. The summed E-state index contributed by atoms with van der Waals surface area (Å²) in [4.78, 5) is 2.30. The molecule has 5 heteroatoms. The minimum atomic E-state index is -0.271. The number of unbranched alkanes of at least 4 members (excludes halogenated alkanes) is 19. The molecule has 2 N–H and O–H groups in total. The molecule has 3 nitrogen and oxygen atoms in total. The summed E-state index contributed by atoms with van der Waals surface area (Å²) in [5.41, 5.74) is 0. The molecule has 0 aliphatic rings. The van der Waals surface area contributed by atoms with Gasteiger partial charge in [-0.3, -0.25) is 4.90 Å². The second-order valence-corrected chi connectivity index (χ2v) is 11.8. The Labute approximate surface area is 266 Å². The minimum Gasteiger partial charge on any atom is -0.793 e. The topological polar surface area (TPSA) is 43.7 Å².